The molecule has 0 saturated carbocycles. The number of anilines is 3. The predicted octanol–water partition coefficient (Wildman–Crippen LogP) is 2.81. The smallest absolute Gasteiger partial charge is 0.273 e. The molecule has 1 N–H and O–H groups in total. The number of amides is 2. The third-order valence-corrected chi connectivity index (χ3v) is 8.13. The number of carbonyl (C=O) groups is 2. The van der Waals surface area contributed by atoms with E-state index in [0.29, 0.717) is 28.4 Å². The highest BCUT2D eigenvalue weighted by atomic mass is 32.2. The highest BCUT2D eigenvalue weighted by Gasteiger charge is 2.27. The number of fused-ring (bicyclic) bond motifs is 1. The van der Waals surface area contributed by atoms with Crippen LogP contribution in [-0.4, -0.2) is 40.4 Å². The molecule has 9 nitrogen and oxygen atoms in total. The Bertz CT molecular complexity index is 1350. The molecule has 0 fully saturated rings. The molecule has 1 aliphatic rings. The molecule has 0 spiro atoms. The molecule has 2 aromatic carbocycles. The van der Waals surface area contributed by atoms with Crippen molar-refractivity contribution in [2.45, 2.75) is 4.21 Å². The van der Waals surface area contributed by atoms with Crippen LogP contribution in [0.25, 0.3) is 0 Å². The summed E-state index contributed by atoms with van der Waals surface area (Å²) in [5.41, 5.74) is 1.67. The highest BCUT2D eigenvalue weighted by molar-refractivity contribution is 7.94. The molecule has 2 amide bonds. The number of benzene rings is 2. The second-order valence-corrected chi connectivity index (χ2v) is 10.2. The molecule has 0 atom stereocenters. The van der Waals surface area contributed by atoms with Gasteiger partial charge in [-0.2, -0.15) is 5.26 Å². The number of nitrogens with one attached hydrogen (secondary N) is 1. The van der Waals surface area contributed by atoms with Gasteiger partial charge in [0, 0.05) is 7.05 Å². The Morgan fingerprint density at radius 3 is 2.67 bits per heavy atom. The fraction of sp³-hybridized carbons (Fsp3) is 0.136. The molecule has 168 valence electrons. The quantitative estimate of drug-likeness (QED) is 0.577. The van der Waals surface area contributed by atoms with Crippen LogP contribution < -0.4 is 19.3 Å². The third kappa shape index (κ3) is 4.52. The van der Waals surface area contributed by atoms with Crippen molar-refractivity contribution >= 4 is 50.2 Å². The number of nitrogens with zero attached hydrogens (tertiary/aromatic N) is 3. The van der Waals surface area contributed by atoms with Crippen LogP contribution in [0, 0.1) is 11.3 Å². The van der Waals surface area contributed by atoms with Crippen LogP contribution in [0.3, 0.4) is 0 Å². The normalized spacial score (nSPS) is 13.0. The van der Waals surface area contributed by atoms with Crippen molar-refractivity contribution in [3.05, 3.63) is 65.5 Å². The average Bonchev–Trinajstić information content (AvgIpc) is 3.37. The van der Waals surface area contributed by atoms with E-state index >= 15 is 0 Å². The van der Waals surface area contributed by atoms with Gasteiger partial charge in [0.25, 0.3) is 15.9 Å². The number of rotatable bonds is 6. The van der Waals surface area contributed by atoms with E-state index in [1.807, 2.05) is 6.07 Å². The standard InChI is InChI=1S/C22H18N4O5S2/c1-25(33(29,30)22-3-2-10-32-22)16-5-7-17(8-6-16)31-14-21(28)26-13-20(27)24-18-9-4-15(12-23)11-19(18)26/h2-11H,13-14H2,1H3,(H,24,27). The molecule has 0 radical (unpaired) electrons. The molecular formula is C22H18N4O5S2. The van der Waals surface area contributed by atoms with Crippen LogP contribution >= 0.6 is 11.3 Å². The maximum absolute atomic E-state index is 12.8. The number of ether oxygens (including phenoxy) is 1. The molecule has 2 heterocycles. The summed E-state index contributed by atoms with van der Waals surface area (Å²) in [6.07, 6.45) is 0. The van der Waals surface area contributed by atoms with Crippen LogP contribution in [0.1, 0.15) is 5.56 Å². The fourth-order valence-electron chi connectivity index (χ4n) is 3.23. The van der Waals surface area contributed by atoms with Gasteiger partial charge in [-0.15, -0.1) is 11.3 Å². The molecule has 0 saturated heterocycles. The minimum absolute atomic E-state index is 0.186. The summed E-state index contributed by atoms with van der Waals surface area (Å²) >= 11 is 1.14. The summed E-state index contributed by atoms with van der Waals surface area (Å²) in [7, 11) is -2.19. The summed E-state index contributed by atoms with van der Waals surface area (Å²) in [5.74, 6) is -0.441. The lowest BCUT2D eigenvalue weighted by Crippen LogP contribution is -2.44. The summed E-state index contributed by atoms with van der Waals surface area (Å²) < 4.78 is 32.3. The van der Waals surface area contributed by atoms with Gasteiger partial charge in [-0.3, -0.25) is 18.8 Å². The Labute approximate surface area is 194 Å². The van der Waals surface area contributed by atoms with E-state index in [2.05, 4.69) is 5.32 Å². The maximum Gasteiger partial charge on any atom is 0.273 e. The van der Waals surface area contributed by atoms with Crippen molar-refractivity contribution in [1.82, 2.24) is 0 Å². The first-order valence-corrected chi connectivity index (χ1v) is 12.0. The van der Waals surface area contributed by atoms with Gasteiger partial charge in [-0.1, -0.05) is 6.07 Å². The van der Waals surface area contributed by atoms with E-state index in [1.165, 1.54) is 28.4 Å². The molecular weight excluding hydrogens is 464 g/mol. The Kier molecular flexibility index (Phi) is 6.04. The summed E-state index contributed by atoms with van der Waals surface area (Å²) in [5, 5.41) is 13.5. The highest BCUT2D eigenvalue weighted by Crippen LogP contribution is 2.31. The minimum atomic E-state index is -3.65. The van der Waals surface area contributed by atoms with E-state index in [-0.39, 0.29) is 23.3 Å². The summed E-state index contributed by atoms with van der Waals surface area (Å²) in [6, 6.07) is 16.2. The molecule has 1 aliphatic heterocycles. The van der Waals surface area contributed by atoms with Crippen molar-refractivity contribution in [2.75, 3.05) is 34.7 Å². The van der Waals surface area contributed by atoms with Crippen molar-refractivity contribution in [2.24, 2.45) is 0 Å². The van der Waals surface area contributed by atoms with Gasteiger partial charge in [0.15, 0.2) is 6.61 Å². The van der Waals surface area contributed by atoms with Gasteiger partial charge in [0.05, 0.1) is 28.7 Å². The van der Waals surface area contributed by atoms with E-state index < -0.39 is 15.9 Å². The molecule has 4 rings (SSSR count). The minimum Gasteiger partial charge on any atom is -0.484 e. The first kappa shape index (κ1) is 22.3. The van der Waals surface area contributed by atoms with E-state index in [4.69, 9.17) is 10.00 Å². The van der Waals surface area contributed by atoms with Crippen LogP contribution in [0.15, 0.2) is 64.2 Å². The van der Waals surface area contributed by atoms with Crippen molar-refractivity contribution in [3.8, 4) is 11.8 Å². The lowest BCUT2D eigenvalue weighted by atomic mass is 10.1. The van der Waals surface area contributed by atoms with E-state index in [0.717, 1.165) is 11.3 Å². The zero-order valence-corrected chi connectivity index (χ0v) is 19.0. The van der Waals surface area contributed by atoms with Crippen LogP contribution in [0.4, 0.5) is 17.1 Å². The molecule has 1 aromatic heterocycles. The maximum atomic E-state index is 12.8. The zero-order chi connectivity index (χ0) is 23.6. The van der Waals surface area contributed by atoms with Gasteiger partial charge in [0.1, 0.15) is 16.5 Å². The topological polar surface area (TPSA) is 120 Å². The Balaban J connectivity index is 1.45. The van der Waals surface area contributed by atoms with E-state index in [1.54, 1.807) is 47.8 Å². The largest absolute Gasteiger partial charge is 0.484 e. The lowest BCUT2D eigenvalue weighted by Gasteiger charge is -2.29. The first-order valence-electron chi connectivity index (χ1n) is 9.69. The number of thiophene rings is 1. The molecule has 0 bridgehead atoms. The third-order valence-electron chi connectivity index (χ3n) is 4.97. The Hall–Kier alpha value is -3.88. The Morgan fingerprint density at radius 2 is 2.00 bits per heavy atom. The fourth-order valence-corrected chi connectivity index (χ4v) is 5.59. The second-order valence-electron chi connectivity index (χ2n) is 7.06. The summed E-state index contributed by atoms with van der Waals surface area (Å²) in [4.78, 5) is 26.0. The van der Waals surface area contributed by atoms with Gasteiger partial charge in [-0.05, 0) is 53.9 Å². The molecule has 0 aliphatic carbocycles. The predicted molar refractivity (Wildman–Crippen MR) is 124 cm³/mol. The molecule has 3 aromatic rings. The van der Waals surface area contributed by atoms with Crippen molar-refractivity contribution < 1.29 is 22.7 Å². The SMILES string of the molecule is CN(c1ccc(OCC(=O)N2CC(=O)Nc3ccc(C#N)cc32)cc1)S(=O)(=O)c1cccs1. The van der Waals surface area contributed by atoms with Gasteiger partial charge in [0.2, 0.25) is 5.91 Å². The van der Waals surface area contributed by atoms with Crippen LogP contribution in [0.5, 0.6) is 5.75 Å². The molecule has 11 heteroatoms. The number of hydrogen-bond acceptors (Lipinski definition) is 7. The van der Waals surface area contributed by atoms with E-state index in [9.17, 15) is 18.0 Å². The molecule has 0 unspecified atom stereocenters. The number of hydrogen-bond donors (Lipinski definition) is 1. The summed E-state index contributed by atoms with van der Waals surface area (Å²) in [6.45, 7) is -0.527. The van der Waals surface area contributed by atoms with Crippen molar-refractivity contribution in [1.29, 1.82) is 5.26 Å². The van der Waals surface area contributed by atoms with Gasteiger partial charge >= 0.3 is 0 Å². The van der Waals surface area contributed by atoms with Crippen LogP contribution in [0.2, 0.25) is 0 Å². The van der Waals surface area contributed by atoms with Crippen LogP contribution in [-0.2, 0) is 19.6 Å². The monoisotopic (exact) mass is 482 g/mol. The van der Waals surface area contributed by atoms with Gasteiger partial charge < -0.3 is 10.1 Å². The molecule has 33 heavy (non-hydrogen) atoms. The van der Waals surface area contributed by atoms with Gasteiger partial charge in [-0.25, -0.2) is 8.42 Å². The average molecular weight is 483 g/mol. The van der Waals surface area contributed by atoms with Crippen molar-refractivity contribution in [3.63, 3.8) is 0 Å². The Morgan fingerprint density at radius 1 is 1.24 bits per heavy atom. The number of sulfonamides is 1. The lowest BCUT2D eigenvalue weighted by molar-refractivity contribution is -0.123. The second kappa shape index (κ2) is 8.93. The number of carbonyl (C=O) groups excluding carboxylic acids is 2. The zero-order valence-electron chi connectivity index (χ0n) is 17.4. The number of nitriles is 1. The first-order chi connectivity index (χ1) is 15.8.